The first-order valence-corrected chi connectivity index (χ1v) is 3.62. The first-order valence-electron chi connectivity index (χ1n) is 2.88. The highest BCUT2D eigenvalue weighted by atomic mass is 32.1. The lowest BCUT2D eigenvalue weighted by Crippen LogP contribution is -2.20. The zero-order valence-corrected chi connectivity index (χ0v) is 7.03. The number of hydrogen-bond acceptors (Lipinski definition) is 3. The Morgan fingerprint density at radius 1 is 1.50 bits per heavy atom. The molecule has 0 amide bonds. The summed E-state index contributed by atoms with van der Waals surface area (Å²) in [4.78, 5) is 10.9. The Morgan fingerprint density at radius 2 is 2.00 bits per heavy atom. The van der Waals surface area contributed by atoms with Gasteiger partial charge in [0.25, 0.3) is 0 Å². The molecule has 0 aromatic rings. The van der Waals surface area contributed by atoms with Gasteiger partial charge in [-0.3, -0.25) is 0 Å². The van der Waals surface area contributed by atoms with Gasteiger partial charge < -0.3 is 4.74 Å². The fraction of sp³-hybridized carbons (Fsp3) is 0.667. The van der Waals surface area contributed by atoms with Gasteiger partial charge in [-0.25, -0.2) is 9.00 Å². The zero-order chi connectivity index (χ0) is 8.15. The molecule has 0 atom stereocenters. The highest BCUT2D eigenvalue weighted by Gasteiger charge is 2.14. The molecule has 4 heteroatoms. The van der Waals surface area contributed by atoms with Gasteiger partial charge in [0.15, 0.2) is 0 Å². The number of carbonyl (C=O) groups is 1. The van der Waals surface area contributed by atoms with Crippen LogP contribution in [0.1, 0.15) is 13.8 Å². The molecule has 0 spiro atoms. The van der Waals surface area contributed by atoms with Gasteiger partial charge in [-0.05, 0) is 5.92 Å². The maximum absolute atomic E-state index is 10.7. The van der Waals surface area contributed by atoms with Gasteiger partial charge in [0.2, 0.25) is 0 Å². The lowest BCUT2D eigenvalue weighted by Gasteiger charge is -2.01. The second kappa shape index (κ2) is 4.22. The monoisotopic (exact) mass is 162 g/mol. The fourth-order valence-electron chi connectivity index (χ4n) is 0.467. The summed E-state index contributed by atoms with van der Waals surface area (Å²) < 4.78 is 14.6. The SMILES string of the molecule is COC(=O)C(=S=O)C(C)C. The third-order valence-electron chi connectivity index (χ3n) is 1.00. The molecule has 0 rings (SSSR count). The Morgan fingerprint density at radius 3 is 2.10 bits per heavy atom. The van der Waals surface area contributed by atoms with Crippen LogP contribution in [0, 0.1) is 5.92 Å². The predicted molar refractivity (Wildman–Crippen MR) is 40.0 cm³/mol. The summed E-state index contributed by atoms with van der Waals surface area (Å²) in [5.74, 6) is -0.565. The van der Waals surface area contributed by atoms with Crippen LogP contribution in [0.4, 0.5) is 0 Å². The van der Waals surface area contributed by atoms with Crippen LogP contribution < -0.4 is 0 Å². The lowest BCUT2D eigenvalue weighted by molar-refractivity contribution is -0.132. The predicted octanol–water partition coefficient (Wildman–Crippen LogP) is 0.201. The van der Waals surface area contributed by atoms with Gasteiger partial charge in [-0.1, -0.05) is 13.8 Å². The number of carbonyl (C=O) groups excluding carboxylic acids is 1. The number of esters is 1. The standard InChI is InChI=1S/C6H10O3S/c1-4(2)5(10-8)6(7)9-3/h4H,1-3H3. The van der Waals surface area contributed by atoms with Crippen LogP contribution in [-0.4, -0.2) is 22.2 Å². The minimum absolute atomic E-state index is 0.0463. The Bertz CT molecular complexity index is 179. The summed E-state index contributed by atoms with van der Waals surface area (Å²) in [6, 6.07) is 0. The van der Waals surface area contributed by atoms with Crippen molar-refractivity contribution in [3.05, 3.63) is 0 Å². The van der Waals surface area contributed by atoms with Crippen molar-refractivity contribution in [2.75, 3.05) is 7.11 Å². The Kier molecular flexibility index (Phi) is 3.95. The Hall–Kier alpha value is -0.640. The van der Waals surface area contributed by atoms with Gasteiger partial charge in [0.1, 0.15) is 4.86 Å². The van der Waals surface area contributed by atoms with E-state index in [1.54, 1.807) is 13.8 Å². The van der Waals surface area contributed by atoms with Crippen LogP contribution in [0.5, 0.6) is 0 Å². The van der Waals surface area contributed by atoms with Crippen molar-refractivity contribution in [3.63, 3.8) is 0 Å². The van der Waals surface area contributed by atoms with E-state index in [-0.39, 0.29) is 22.0 Å². The van der Waals surface area contributed by atoms with Crippen molar-refractivity contribution in [1.82, 2.24) is 0 Å². The molecule has 10 heavy (non-hydrogen) atoms. The molecule has 0 saturated heterocycles. The molecule has 0 aromatic carbocycles. The molecule has 0 N–H and O–H groups in total. The van der Waals surface area contributed by atoms with E-state index in [1.165, 1.54) is 7.11 Å². The highest BCUT2D eigenvalue weighted by Crippen LogP contribution is 1.95. The van der Waals surface area contributed by atoms with Crippen LogP contribution >= 0.6 is 0 Å². The van der Waals surface area contributed by atoms with E-state index in [0.717, 1.165) is 0 Å². The van der Waals surface area contributed by atoms with Gasteiger partial charge in [-0.2, -0.15) is 0 Å². The molecule has 0 bridgehead atoms. The van der Waals surface area contributed by atoms with E-state index in [1.807, 2.05) is 0 Å². The average Bonchev–Trinajstić information content (AvgIpc) is 1.88. The Balaban J connectivity index is 4.39. The molecule has 0 unspecified atom stereocenters. The van der Waals surface area contributed by atoms with Gasteiger partial charge >= 0.3 is 5.97 Å². The summed E-state index contributed by atoms with van der Waals surface area (Å²) in [7, 11) is 1.26. The van der Waals surface area contributed by atoms with E-state index in [2.05, 4.69) is 4.74 Å². The van der Waals surface area contributed by atoms with Crippen molar-refractivity contribution in [2.24, 2.45) is 5.92 Å². The van der Waals surface area contributed by atoms with E-state index in [0.29, 0.717) is 0 Å². The second-order valence-electron chi connectivity index (χ2n) is 2.09. The summed E-state index contributed by atoms with van der Waals surface area (Å²) in [6.07, 6.45) is 0. The molecule has 0 saturated carbocycles. The minimum Gasteiger partial charge on any atom is -0.465 e. The zero-order valence-electron chi connectivity index (χ0n) is 6.21. The number of hydrogen-bond donors (Lipinski definition) is 0. The van der Waals surface area contributed by atoms with Crippen LogP contribution in [0.3, 0.4) is 0 Å². The van der Waals surface area contributed by atoms with Crippen molar-refractivity contribution in [2.45, 2.75) is 13.8 Å². The van der Waals surface area contributed by atoms with Crippen molar-refractivity contribution < 1.29 is 13.7 Å². The van der Waals surface area contributed by atoms with Gasteiger partial charge in [0, 0.05) is 0 Å². The minimum atomic E-state index is -0.519. The molecule has 0 fully saturated rings. The van der Waals surface area contributed by atoms with Crippen molar-refractivity contribution >= 4 is 22.1 Å². The summed E-state index contributed by atoms with van der Waals surface area (Å²) >= 11 is 0.203. The molecule has 0 aliphatic rings. The third-order valence-corrected chi connectivity index (χ3v) is 1.82. The summed E-state index contributed by atoms with van der Waals surface area (Å²) in [5, 5.41) is 0. The van der Waals surface area contributed by atoms with E-state index in [9.17, 15) is 9.00 Å². The van der Waals surface area contributed by atoms with Crippen LogP contribution in [0.2, 0.25) is 0 Å². The highest BCUT2D eigenvalue weighted by molar-refractivity contribution is 7.68. The van der Waals surface area contributed by atoms with E-state index < -0.39 is 5.97 Å². The summed E-state index contributed by atoms with van der Waals surface area (Å²) in [5.41, 5.74) is 0. The number of methoxy groups -OCH3 is 1. The van der Waals surface area contributed by atoms with Crippen molar-refractivity contribution in [1.29, 1.82) is 0 Å². The van der Waals surface area contributed by atoms with Crippen molar-refractivity contribution in [3.8, 4) is 0 Å². The Labute approximate surface area is 63.4 Å². The average molecular weight is 162 g/mol. The molecule has 3 nitrogen and oxygen atoms in total. The van der Waals surface area contributed by atoms with Gasteiger partial charge in [0.05, 0.1) is 18.4 Å². The third kappa shape index (κ3) is 2.31. The van der Waals surface area contributed by atoms with E-state index in [4.69, 9.17) is 0 Å². The van der Waals surface area contributed by atoms with Crippen LogP contribution in [0.25, 0.3) is 0 Å². The largest absolute Gasteiger partial charge is 0.465 e. The first-order chi connectivity index (χ1) is 4.63. The molecule has 0 aliphatic carbocycles. The molecule has 0 aliphatic heterocycles. The van der Waals surface area contributed by atoms with Crippen LogP contribution in [0.15, 0.2) is 0 Å². The fourth-order valence-corrected chi connectivity index (χ4v) is 0.810. The lowest BCUT2D eigenvalue weighted by atomic mass is 10.1. The van der Waals surface area contributed by atoms with Crippen LogP contribution in [-0.2, 0) is 20.8 Å². The molecule has 0 radical (unpaired) electrons. The molecule has 0 heterocycles. The first kappa shape index (κ1) is 9.36. The maximum atomic E-state index is 10.7. The quantitative estimate of drug-likeness (QED) is 0.430. The molecular formula is C6H10O3S. The number of rotatable bonds is 2. The maximum Gasteiger partial charge on any atom is 0.347 e. The smallest absolute Gasteiger partial charge is 0.347 e. The molecule has 0 aromatic heterocycles. The summed E-state index contributed by atoms with van der Waals surface area (Å²) in [6.45, 7) is 3.55. The second-order valence-corrected chi connectivity index (χ2v) is 2.70. The van der Waals surface area contributed by atoms with E-state index >= 15 is 0 Å². The topological polar surface area (TPSA) is 43.4 Å². The van der Waals surface area contributed by atoms with Gasteiger partial charge in [-0.15, -0.1) is 0 Å². The molecular weight excluding hydrogens is 152 g/mol. The molecule has 58 valence electrons. The number of ether oxygens (including phenoxy) is 1. The normalized spacial score (nSPS) is 9.20.